The third-order valence-electron chi connectivity index (χ3n) is 4.11. The van der Waals surface area contributed by atoms with Gasteiger partial charge in [0.05, 0.1) is 12.5 Å². The Balaban J connectivity index is 5.42. The minimum atomic E-state index is -1.46. The van der Waals surface area contributed by atoms with Gasteiger partial charge < -0.3 is 37.6 Å². The van der Waals surface area contributed by atoms with Crippen molar-refractivity contribution < 1.29 is 39.0 Å². The molecular formula is C18H31N5O8. The van der Waals surface area contributed by atoms with Crippen LogP contribution in [0.2, 0.25) is 0 Å². The van der Waals surface area contributed by atoms with Gasteiger partial charge >= 0.3 is 11.9 Å². The van der Waals surface area contributed by atoms with E-state index in [-0.39, 0.29) is 12.3 Å². The summed E-state index contributed by atoms with van der Waals surface area (Å²) < 4.78 is 0. The number of hydrogen-bond acceptors (Lipinski definition) is 7. The zero-order valence-electron chi connectivity index (χ0n) is 17.7. The molecular weight excluding hydrogens is 414 g/mol. The number of primary amides is 1. The molecule has 0 heterocycles. The Morgan fingerprint density at radius 1 is 0.839 bits per heavy atom. The Labute approximate surface area is 179 Å². The second-order valence-corrected chi connectivity index (χ2v) is 7.53. The predicted molar refractivity (Wildman–Crippen MR) is 107 cm³/mol. The Hall–Kier alpha value is -3.22. The minimum absolute atomic E-state index is 0.0875. The van der Waals surface area contributed by atoms with Crippen LogP contribution in [0.15, 0.2) is 0 Å². The van der Waals surface area contributed by atoms with Gasteiger partial charge in [-0.1, -0.05) is 13.8 Å². The van der Waals surface area contributed by atoms with Crippen molar-refractivity contribution in [1.29, 1.82) is 0 Å². The number of nitrogens with two attached hydrogens (primary N) is 2. The summed E-state index contributed by atoms with van der Waals surface area (Å²) in [5.41, 5.74) is 10.9. The molecule has 0 spiro atoms. The quantitative estimate of drug-likeness (QED) is 0.151. The number of rotatable bonds is 14. The summed E-state index contributed by atoms with van der Waals surface area (Å²) in [4.78, 5) is 70.3. The number of amides is 4. The molecule has 0 aliphatic heterocycles. The fourth-order valence-electron chi connectivity index (χ4n) is 2.49. The molecule has 0 aromatic rings. The summed E-state index contributed by atoms with van der Waals surface area (Å²) in [6.07, 6.45) is -1.15. The van der Waals surface area contributed by atoms with E-state index in [2.05, 4.69) is 16.0 Å². The smallest absolute Gasteiger partial charge is 0.325 e. The van der Waals surface area contributed by atoms with E-state index >= 15 is 0 Å². The highest BCUT2D eigenvalue weighted by atomic mass is 16.4. The highest BCUT2D eigenvalue weighted by Crippen LogP contribution is 2.05. The molecule has 0 saturated carbocycles. The van der Waals surface area contributed by atoms with E-state index < -0.39 is 72.6 Å². The molecule has 4 amide bonds. The molecule has 0 aliphatic rings. The van der Waals surface area contributed by atoms with Crippen molar-refractivity contribution >= 4 is 35.6 Å². The second kappa shape index (κ2) is 13.2. The largest absolute Gasteiger partial charge is 0.481 e. The first-order chi connectivity index (χ1) is 14.2. The topological polar surface area (TPSA) is 231 Å². The molecule has 4 unspecified atom stereocenters. The van der Waals surface area contributed by atoms with E-state index in [1.807, 2.05) is 13.8 Å². The molecule has 0 bridgehead atoms. The van der Waals surface area contributed by atoms with E-state index in [1.54, 1.807) is 0 Å². The molecule has 4 atom stereocenters. The van der Waals surface area contributed by atoms with Gasteiger partial charge in [0.15, 0.2) is 0 Å². The van der Waals surface area contributed by atoms with E-state index in [4.69, 9.17) is 21.7 Å². The number of carbonyl (C=O) groups excluding carboxylic acids is 4. The standard InChI is InChI=1S/C18H31N5O8/c1-8(2)6-10(19)15(27)23-12(7-13(20)24)17(29)22-11(4-5-14(25)26)16(28)21-9(3)18(30)31/h8-12H,4-7,19H2,1-3H3,(H2,20,24)(H,21,28)(H,22,29)(H,23,27)(H,25,26)(H,30,31). The molecule has 0 aliphatic carbocycles. The summed E-state index contributed by atoms with van der Waals surface area (Å²) in [6, 6.07) is -5.14. The number of carbonyl (C=O) groups is 6. The predicted octanol–water partition coefficient (Wildman–Crippen LogP) is -2.34. The molecule has 13 nitrogen and oxygen atoms in total. The molecule has 0 rings (SSSR count). The van der Waals surface area contributed by atoms with Gasteiger partial charge in [-0.25, -0.2) is 0 Å². The first-order valence-electron chi connectivity index (χ1n) is 9.64. The number of carboxylic acids is 2. The maximum absolute atomic E-state index is 12.6. The Bertz CT molecular complexity index is 696. The Morgan fingerprint density at radius 2 is 1.35 bits per heavy atom. The van der Waals surface area contributed by atoms with Gasteiger partial charge in [-0.3, -0.25) is 28.8 Å². The second-order valence-electron chi connectivity index (χ2n) is 7.53. The average molecular weight is 445 g/mol. The fraction of sp³-hybridized carbons (Fsp3) is 0.667. The van der Waals surface area contributed by atoms with Crippen molar-refractivity contribution in [2.24, 2.45) is 17.4 Å². The van der Waals surface area contributed by atoms with Gasteiger partial charge in [-0.05, 0) is 25.7 Å². The number of aliphatic carboxylic acids is 2. The van der Waals surface area contributed by atoms with Crippen molar-refractivity contribution in [2.45, 2.75) is 70.6 Å². The lowest BCUT2D eigenvalue weighted by Crippen LogP contribution is -2.57. The van der Waals surface area contributed by atoms with Gasteiger partial charge in [-0.15, -0.1) is 0 Å². The van der Waals surface area contributed by atoms with Crippen molar-refractivity contribution in [3.8, 4) is 0 Å². The monoisotopic (exact) mass is 445 g/mol. The lowest BCUT2D eigenvalue weighted by atomic mass is 10.0. The van der Waals surface area contributed by atoms with Gasteiger partial charge in [0.1, 0.15) is 18.1 Å². The first-order valence-corrected chi connectivity index (χ1v) is 9.64. The molecule has 0 saturated heterocycles. The van der Waals surface area contributed by atoms with Crippen LogP contribution in [-0.4, -0.2) is 69.9 Å². The van der Waals surface area contributed by atoms with Crippen molar-refractivity contribution in [1.82, 2.24) is 16.0 Å². The third-order valence-corrected chi connectivity index (χ3v) is 4.11. The molecule has 0 aromatic carbocycles. The normalized spacial score (nSPS) is 14.6. The molecule has 13 heteroatoms. The Kier molecular flexibility index (Phi) is 11.8. The SMILES string of the molecule is CC(C)CC(N)C(=O)NC(CC(N)=O)C(=O)NC(CCC(=O)O)C(=O)NC(C)C(=O)O. The van der Waals surface area contributed by atoms with Crippen LogP contribution >= 0.6 is 0 Å². The first kappa shape index (κ1) is 27.8. The molecule has 0 fully saturated rings. The minimum Gasteiger partial charge on any atom is -0.481 e. The van der Waals surface area contributed by atoms with E-state index in [9.17, 15) is 28.8 Å². The van der Waals surface area contributed by atoms with Crippen LogP contribution in [0.3, 0.4) is 0 Å². The van der Waals surface area contributed by atoms with Crippen molar-refractivity contribution in [3.05, 3.63) is 0 Å². The highest BCUT2D eigenvalue weighted by Gasteiger charge is 2.30. The van der Waals surface area contributed by atoms with Crippen LogP contribution in [-0.2, 0) is 28.8 Å². The maximum atomic E-state index is 12.6. The Morgan fingerprint density at radius 3 is 1.81 bits per heavy atom. The van der Waals surface area contributed by atoms with Crippen LogP contribution in [0.25, 0.3) is 0 Å². The summed E-state index contributed by atoms with van der Waals surface area (Å²) in [5, 5.41) is 24.4. The lowest BCUT2D eigenvalue weighted by Gasteiger charge is -2.24. The summed E-state index contributed by atoms with van der Waals surface area (Å²) >= 11 is 0. The molecule has 31 heavy (non-hydrogen) atoms. The number of carboxylic acid groups (broad SMARTS) is 2. The number of hydrogen-bond donors (Lipinski definition) is 7. The van der Waals surface area contributed by atoms with Crippen molar-refractivity contribution in [2.75, 3.05) is 0 Å². The zero-order valence-corrected chi connectivity index (χ0v) is 17.7. The molecule has 9 N–H and O–H groups in total. The third kappa shape index (κ3) is 11.5. The van der Waals surface area contributed by atoms with Crippen LogP contribution in [0, 0.1) is 5.92 Å². The zero-order chi connectivity index (χ0) is 24.3. The van der Waals surface area contributed by atoms with Gasteiger partial charge in [0.2, 0.25) is 23.6 Å². The van der Waals surface area contributed by atoms with E-state index in [0.717, 1.165) is 0 Å². The summed E-state index contributed by atoms with van der Waals surface area (Å²) in [7, 11) is 0. The summed E-state index contributed by atoms with van der Waals surface area (Å²) in [6.45, 7) is 4.86. The van der Waals surface area contributed by atoms with E-state index in [0.29, 0.717) is 6.42 Å². The number of nitrogens with one attached hydrogen (secondary N) is 3. The van der Waals surface area contributed by atoms with Gasteiger partial charge in [0.25, 0.3) is 0 Å². The van der Waals surface area contributed by atoms with Crippen molar-refractivity contribution in [3.63, 3.8) is 0 Å². The van der Waals surface area contributed by atoms with Crippen LogP contribution in [0.4, 0.5) is 0 Å². The average Bonchev–Trinajstić information content (AvgIpc) is 2.62. The van der Waals surface area contributed by atoms with Crippen LogP contribution < -0.4 is 27.4 Å². The molecule has 0 aromatic heterocycles. The fourth-order valence-corrected chi connectivity index (χ4v) is 2.49. The molecule has 0 radical (unpaired) electrons. The summed E-state index contributed by atoms with van der Waals surface area (Å²) in [5.74, 6) is -6.04. The molecule has 176 valence electrons. The van der Waals surface area contributed by atoms with Gasteiger partial charge in [0, 0.05) is 6.42 Å². The van der Waals surface area contributed by atoms with E-state index in [1.165, 1.54) is 6.92 Å². The van der Waals surface area contributed by atoms with Gasteiger partial charge in [-0.2, -0.15) is 0 Å². The van der Waals surface area contributed by atoms with Crippen LogP contribution in [0.5, 0.6) is 0 Å². The highest BCUT2D eigenvalue weighted by molar-refractivity contribution is 5.96. The lowest BCUT2D eigenvalue weighted by molar-refractivity contribution is -0.142. The maximum Gasteiger partial charge on any atom is 0.325 e. The van der Waals surface area contributed by atoms with Crippen LogP contribution in [0.1, 0.15) is 46.5 Å².